The third-order valence-corrected chi connectivity index (χ3v) is 2.97. The fourth-order valence-corrected chi connectivity index (χ4v) is 1.67. The molecule has 0 heterocycles. The van der Waals surface area contributed by atoms with E-state index in [9.17, 15) is 4.79 Å². The van der Waals surface area contributed by atoms with Gasteiger partial charge in [-0.25, -0.2) is 0 Å². The summed E-state index contributed by atoms with van der Waals surface area (Å²) in [5, 5.41) is 3.09. The molecule has 16 heavy (non-hydrogen) atoms. The van der Waals surface area contributed by atoms with Crippen LogP contribution in [0.4, 0.5) is 0 Å². The van der Waals surface area contributed by atoms with Crippen LogP contribution in [0, 0.1) is 0 Å². The number of carbonyl (C=O) groups excluding carboxylic acids is 1. The molecular formula is C12H16BrNO2. The minimum absolute atomic E-state index is 0.246. The molecule has 1 rings (SSSR count). The minimum Gasteiger partial charge on any atom is -0.463 e. The third-order valence-electron chi connectivity index (χ3n) is 2.07. The first-order valence-corrected chi connectivity index (χ1v) is 6.23. The molecule has 0 aromatic heterocycles. The first-order valence-electron chi connectivity index (χ1n) is 5.32. The lowest BCUT2D eigenvalue weighted by molar-refractivity contribution is -0.142. The van der Waals surface area contributed by atoms with Gasteiger partial charge in [-0.1, -0.05) is 53.2 Å². The van der Waals surface area contributed by atoms with Crippen molar-refractivity contribution >= 4 is 21.9 Å². The fourth-order valence-electron chi connectivity index (χ4n) is 1.23. The predicted octanol–water partition coefficient (Wildman–Crippen LogP) is 2.28. The number of likely N-dealkylation sites (N-methyl/N-ethyl adjacent to an activating group) is 1. The number of esters is 1. The zero-order valence-corrected chi connectivity index (χ0v) is 10.9. The number of ether oxygens (including phenoxy) is 1. The average Bonchev–Trinajstić information content (AvgIpc) is 2.34. The molecule has 0 bridgehead atoms. The average molecular weight is 286 g/mol. The molecular weight excluding hydrogens is 270 g/mol. The van der Waals surface area contributed by atoms with E-state index in [1.807, 2.05) is 37.3 Å². The highest BCUT2D eigenvalue weighted by atomic mass is 79.9. The highest BCUT2D eigenvalue weighted by molar-refractivity contribution is 9.09. The molecule has 0 saturated heterocycles. The van der Waals surface area contributed by atoms with Gasteiger partial charge in [0.15, 0.2) is 0 Å². The van der Waals surface area contributed by atoms with Gasteiger partial charge >= 0.3 is 5.97 Å². The summed E-state index contributed by atoms with van der Waals surface area (Å²) >= 11 is 3.33. The highest BCUT2D eigenvalue weighted by Gasteiger charge is 2.17. The van der Waals surface area contributed by atoms with E-state index in [-0.39, 0.29) is 10.8 Å². The van der Waals surface area contributed by atoms with Crippen molar-refractivity contribution in [2.45, 2.75) is 11.8 Å². The summed E-state index contributed by atoms with van der Waals surface area (Å²) in [5.41, 5.74) is 0.913. The largest absolute Gasteiger partial charge is 0.463 e. The Balaban J connectivity index is 2.37. The fraction of sp³-hybridized carbons (Fsp3) is 0.417. The molecule has 1 atom stereocenters. The van der Waals surface area contributed by atoms with Crippen LogP contribution < -0.4 is 5.32 Å². The quantitative estimate of drug-likeness (QED) is 0.495. The van der Waals surface area contributed by atoms with Gasteiger partial charge in [-0.05, 0) is 12.1 Å². The maximum absolute atomic E-state index is 11.6. The summed E-state index contributed by atoms with van der Waals surface area (Å²) in [5.74, 6) is -0.246. The Bertz CT molecular complexity index is 316. The molecule has 88 valence electrons. The van der Waals surface area contributed by atoms with E-state index >= 15 is 0 Å². The van der Waals surface area contributed by atoms with Gasteiger partial charge in [0.25, 0.3) is 0 Å². The summed E-state index contributed by atoms with van der Waals surface area (Å²) in [6.07, 6.45) is 0. The van der Waals surface area contributed by atoms with Crippen LogP contribution in [0.15, 0.2) is 30.3 Å². The maximum Gasteiger partial charge on any atom is 0.324 e. The first kappa shape index (κ1) is 13.2. The van der Waals surface area contributed by atoms with Crippen LogP contribution >= 0.6 is 15.9 Å². The highest BCUT2D eigenvalue weighted by Crippen LogP contribution is 2.23. The normalized spacial score (nSPS) is 12.1. The molecule has 1 aromatic rings. The van der Waals surface area contributed by atoms with Gasteiger partial charge in [0.1, 0.15) is 11.4 Å². The topological polar surface area (TPSA) is 38.3 Å². The lowest BCUT2D eigenvalue weighted by Crippen LogP contribution is -2.22. The molecule has 0 saturated carbocycles. The van der Waals surface area contributed by atoms with Crippen LogP contribution in [-0.2, 0) is 9.53 Å². The van der Waals surface area contributed by atoms with Gasteiger partial charge in [0.2, 0.25) is 0 Å². The van der Waals surface area contributed by atoms with E-state index in [1.54, 1.807) is 0 Å². The van der Waals surface area contributed by atoms with Crippen molar-refractivity contribution in [3.8, 4) is 0 Å². The second-order valence-corrected chi connectivity index (χ2v) is 4.21. The van der Waals surface area contributed by atoms with Crippen molar-refractivity contribution in [3.05, 3.63) is 35.9 Å². The summed E-state index contributed by atoms with van der Waals surface area (Å²) in [6, 6.07) is 9.50. The van der Waals surface area contributed by atoms with Gasteiger partial charge < -0.3 is 10.1 Å². The molecule has 0 aliphatic rings. The van der Waals surface area contributed by atoms with E-state index < -0.39 is 0 Å². The van der Waals surface area contributed by atoms with Crippen LogP contribution in [0.1, 0.15) is 17.3 Å². The van der Waals surface area contributed by atoms with Gasteiger partial charge in [-0.2, -0.15) is 0 Å². The minimum atomic E-state index is -0.379. The smallest absolute Gasteiger partial charge is 0.324 e. The molecule has 0 fully saturated rings. The van der Waals surface area contributed by atoms with Crippen molar-refractivity contribution < 1.29 is 9.53 Å². The summed E-state index contributed by atoms with van der Waals surface area (Å²) in [7, 11) is 0. The Kier molecular flexibility index (Phi) is 6.11. The van der Waals surface area contributed by atoms with Gasteiger partial charge in [0, 0.05) is 6.54 Å². The summed E-state index contributed by atoms with van der Waals surface area (Å²) in [6.45, 7) is 3.99. The lowest BCUT2D eigenvalue weighted by Gasteiger charge is -2.10. The number of nitrogens with one attached hydrogen (secondary N) is 1. The first-order chi connectivity index (χ1) is 7.75. The number of hydrogen-bond donors (Lipinski definition) is 1. The van der Waals surface area contributed by atoms with Crippen molar-refractivity contribution in [2.75, 3.05) is 19.7 Å². The van der Waals surface area contributed by atoms with Crippen molar-refractivity contribution in [2.24, 2.45) is 0 Å². The van der Waals surface area contributed by atoms with Crippen LogP contribution in [0.2, 0.25) is 0 Å². The standard InChI is InChI=1S/C12H16BrNO2/c1-2-14-8-9-16-12(15)11(13)10-6-4-3-5-7-10/h3-7,11,14H,2,8-9H2,1H3. The van der Waals surface area contributed by atoms with Gasteiger partial charge in [-0.15, -0.1) is 0 Å². The zero-order chi connectivity index (χ0) is 11.8. The van der Waals surface area contributed by atoms with E-state index in [4.69, 9.17) is 4.74 Å². The van der Waals surface area contributed by atoms with E-state index in [0.29, 0.717) is 13.2 Å². The molecule has 0 radical (unpaired) electrons. The van der Waals surface area contributed by atoms with Crippen LogP contribution in [0.5, 0.6) is 0 Å². The maximum atomic E-state index is 11.6. The second-order valence-electron chi connectivity index (χ2n) is 3.29. The number of halogens is 1. The van der Waals surface area contributed by atoms with Crippen molar-refractivity contribution in [1.82, 2.24) is 5.32 Å². The molecule has 0 amide bonds. The third kappa shape index (κ3) is 4.33. The lowest BCUT2D eigenvalue weighted by atomic mass is 10.1. The number of hydrogen-bond acceptors (Lipinski definition) is 3. The molecule has 0 spiro atoms. The number of benzene rings is 1. The van der Waals surface area contributed by atoms with E-state index in [0.717, 1.165) is 12.1 Å². The Morgan fingerprint density at radius 2 is 2.12 bits per heavy atom. The zero-order valence-electron chi connectivity index (χ0n) is 9.28. The Hall–Kier alpha value is -0.870. The van der Waals surface area contributed by atoms with Crippen molar-refractivity contribution in [1.29, 1.82) is 0 Å². The van der Waals surface area contributed by atoms with Gasteiger partial charge in [0.05, 0.1) is 0 Å². The summed E-state index contributed by atoms with van der Waals surface area (Å²) < 4.78 is 5.11. The molecule has 3 nitrogen and oxygen atoms in total. The molecule has 4 heteroatoms. The van der Waals surface area contributed by atoms with Crippen molar-refractivity contribution in [3.63, 3.8) is 0 Å². The van der Waals surface area contributed by atoms with E-state index in [2.05, 4.69) is 21.2 Å². The Morgan fingerprint density at radius 1 is 1.44 bits per heavy atom. The molecule has 0 aliphatic carbocycles. The number of alkyl halides is 1. The Labute approximate surface area is 104 Å². The molecule has 1 unspecified atom stereocenters. The van der Waals surface area contributed by atoms with Crippen LogP contribution in [0.25, 0.3) is 0 Å². The van der Waals surface area contributed by atoms with Gasteiger partial charge in [-0.3, -0.25) is 4.79 Å². The van der Waals surface area contributed by atoms with Crippen LogP contribution in [0.3, 0.4) is 0 Å². The molecule has 1 aromatic carbocycles. The number of rotatable bonds is 6. The summed E-state index contributed by atoms with van der Waals surface area (Å²) in [4.78, 5) is 11.2. The molecule has 0 aliphatic heterocycles. The van der Waals surface area contributed by atoms with E-state index in [1.165, 1.54) is 0 Å². The molecule has 1 N–H and O–H groups in total. The SMILES string of the molecule is CCNCCOC(=O)C(Br)c1ccccc1. The monoisotopic (exact) mass is 285 g/mol. The van der Waals surface area contributed by atoms with Crippen LogP contribution in [-0.4, -0.2) is 25.7 Å². The second kappa shape index (κ2) is 7.41. The predicted molar refractivity (Wildman–Crippen MR) is 67.6 cm³/mol. The number of carbonyl (C=O) groups is 1. The Morgan fingerprint density at radius 3 is 2.75 bits per heavy atom.